The molecule has 1 fully saturated rings. The lowest BCUT2D eigenvalue weighted by molar-refractivity contribution is 0.0692. The minimum atomic E-state index is -0.158. The van der Waals surface area contributed by atoms with Gasteiger partial charge in [0.1, 0.15) is 0 Å². The second kappa shape index (κ2) is 8.57. The monoisotopic (exact) mass is 447 g/mol. The third-order valence-corrected chi connectivity index (χ3v) is 6.22. The first-order chi connectivity index (χ1) is 16.0. The van der Waals surface area contributed by atoms with Crippen LogP contribution in [0.2, 0.25) is 0 Å². The van der Waals surface area contributed by atoms with E-state index in [9.17, 15) is 9.59 Å². The number of nitrogens with one attached hydrogen (secondary N) is 1. The highest BCUT2D eigenvalue weighted by atomic mass is 16.7. The molecular weight excluding hydrogens is 422 g/mol. The predicted molar refractivity (Wildman–Crippen MR) is 120 cm³/mol. The average Bonchev–Trinajstić information content (AvgIpc) is 3.50. The molecule has 2 amide bonds. The van der Waals surface area contributed by atoms with Gasteiger partial charge in [-0.1, -0.05) is 11.3 Å². The largest absolute Gasteiger partial charge is 0.454 e. The summed E-state index contributed by atoms with van der Waals surface area (Å²) in [7, 11) is 0. The Balaban J connectivity index is 1.17. The molecule has 1 N–H and O–H groups in total. The van der Waals surface area contributed by atoms with Gasteiger partial charge in [0.2, 0.25) is 6.79 Å². The molecule has 0 aliphatic carbocycles. The number of benzene rings is 2. The molecule has 2 aromatic carbocycles. The van der Waals surface area contributed by atoms with Crippen LogP contribution >= 0.6 is 0 Å². The molecule has 0 saturated carbocycles. The molecule has 0 unspecified atom stereocenters. The third-order valence-electron chi connectivity index (χ3n) is 6.22. The average molecular weight is 447 g/mol. The molecule has 170 valence electrons. The van der Waals surface area contributed by atoms with Gasteiger partial charge in [0.15, 0.2) is 17.2 Å². The maximum Gasteiger partial charge on any atom is 0.276 e. The number of likely N-dealkylation sites (tertiary alicyclic amines) is 1. The van der Waals surface area contributed by atoms with Crippen molar-refractivity contribution in [1.29, 1.82) is 0 Å². The zero-order valence-electron chi connectivity index (χ0n) is 18.6. The van der Waals surface area contributed by atoms with E-state index in [2.05, 4.69) is 22.6 Å². The summed E-state index contributed by atoms with van der Waals surface area (Å²) in [5.74, 6) is 0.921. The van der Waals surface area contributed by atoms with Gasteiger partial charge in [-0.3, -0.25) is 9.59 Å². The first kappa shape index (κ1) is 21.0. The quantitative estimate of drug-likeness (QED) is 0.660. The zero-order chi connectivity index (χ0) is 22.9. The molecular formula is C24H25N5O4. The Hall–Kier alpha value is -3.88. The Bertz CT molecular complexity index is 1210. The number of carbonyl (C=O) groups is 2. The number of fused-ring (bicyclic) bond motifs is 1. The molecule has 0 spiro atoms. The number of hydrogen-bond donors (Lipinski definition) is 1. The molecule has 3 heterocycles. The first-order valence-corrected chi connectivity index (χ1v) is 11.0. The summed E-state index contributed by atoms with van der Waals surface area (Å²) in [4.78, 5) is 27.3. The van der Waals surface area contributed by atoms with Crippen molar-refractivity contribution in [1.82, 2.24) is 25.2 Å². The standard InChI is InChI=1S/C24H25N5O4/c1-15-3-5-19(11-16(15)2)29-13-20(26-27-29)24(31)28-9-7-18(8-10-28)25-23(30)17-4-6-21-22(12-17)33-14-32-21/h3-6,11-13,18H,7-10,14H2,1-2H3,(H,25,30). The van der Waals surface area contributed by atoms with Gasteiger partial charge in [-0.25, -0.2) is 4.68 Å². The maximum absolute atomic E-state index is 12.9. The van der Waals surface area contributed by atoms with E-state index in [0.29, 0.717) is 48.7 Å². The SMILES string of the molecule is Cc1ccc(-n2cc(C(=O)N3CCC(NC(=O)c4ccc5c(c4)OCO5)CC3)nn2)cc1C. The van der Waals surface area contributed by atoms with Crippen LogP contribution in [0.4, 0.5) is 0 Å². The van der Waals surface area contributed by atoms with Crippen LogP contribution in [-0.4, -0.2) is 57.6 Å². The molecule has 3 aromatic rings. The van der Waals surface area contributed by atoms with Crippen LogP contribution in [-0.2, 0) is 0 Å². The molecule has 0 atom stereocenters. The van der Waals surface area contributed by atoms with Crippen molar-refractivity contribution in [3.63, 3.8) is 0 Å². The van der Waals surface area contributed by atoms with Crippen LogP contribution in [0.5, 0.6) is 11.5 Å². The Kier molecular flexibility index (Phi) is 5.45. The fourth-order valence-electron chi connectivity index (χ4n) is 4.05. The summed E-state index contributed by atoms with van der Waals surface area (Å²) >= 11 is 0. The first-order valence-electron chi connectivity index (χ1n) is 11.0. The summed E-state index contributed by atoms with van der Waals surface area (Å²) in [5.41, 5.74) is 4.07. The van der Waals surface area contributed by atoms with Crippen LogP contribution in [0.1, 0.15) is 44.8 Å². The lowest BCUT2D eigenvalue weighted by Crippen LogP contribution is -2.46. The van der Waals surface area contributed by atoms with E-state index in [1.165, 1.54) is 5.56 Å². The fourth-order valence-corrected chi connectivity index (χ4v) is 4.05. The topological polar surface area (TPSA) is 98.6 Å². The molecule has 9 heteroatoms. The second-order valence-corrected chi connectivity index (χ2v) is 8.42. The fraction of sp³-hybridized carbons (Fsp3) is 0.333. The van der Waals surface area contributed by atoms with Crippen LogP contribution in [0.3, 0.4) is 0 Å². The summed E-state index contributed by atoms with van der Waals surface area (Å²) in [6, 6.07) is 11.2. The molecule has 1 saturated heterocycles. The lowest BCUT2D eigenvalue weighted by atomic mass is 10.0. The number of rotatable bonds is 4. The highest BCUT2D eigenvalue weighted by molar-refractivity contribution is 5.95. The predicted octanol–water partition coefficient (Wildman–Crippen LogP) is 2.65. The van der Waals surface area contributed by atoms with E-state index in [1.807, 2.05) is 25.1 Å². The lowest BCUT2D eigenvalue weighted by Gasteiger charge is -2.31. The molecule has 5 rings (SSSR count). The molecule has 9 nitrogen and oxygen atoms in total. The Morgan fingerprint density at radius 3 is 2.58 bits per heavy atom. The number of hydrogen-bond acceptors (Lipinski definition) is 6. The summed E-state index contributed by atoms with van der Waals surface area (Å²) < 4.78 is 12.3. The maximum atomic E-state index is 12.9. The van der Waals surface area contributed by atoms with Crippen molar-refractivity contribution >= 4 is 11.8 Å². The summed E-state index contributed by atoms with van der Waals surface area (Å²) in [5, 5.41) is 11.3. The Morgan fingerprint density at radius 2 is 1.79 bits per heavy atom. The molecule has 0 bridgehead atoms. The smallest absolute Gasteiger partial charge is 0.276 e. The van der Waals surface area contributed by atoms with Crippen LogP contribution in [0, 0.1) is 13.8 Å². The van der Waals surface area contributed by atoms with Gasteiger partial charge in [-0.05, 0) is 68.1 Å². The van der Waals surface area contributed by atoms with Gasteiger partial charge in [0, 0.05) is 24.7 Å². The second-order valence-electron chi connectivity index (χ2n) is 8.42. The third kappa shape index (κ3) is 4.26. The van der Waals surface area contributed by atoms with Crippen LogP contribution in [0.25, 0.3) is 5.69 Å². The van der Waals surface area contributed by atoms with E-state index < -0.39 is 0 Å². The normalized spacial score (nSPS) is 15.5. The van der Waals surface area contributed by atoms with Gasteiger partial charge in [0.25, 0.3) is 11.8 Å². The molecule has 33 heavy (non-hydrogen) atoms. The minimum absolute atomic E-state index is 0.00168. The zero-order valence-corrected chi connectivity index (χ0v) is 18.6. The number of amides is 2. The van der Waals surface area contributed by atoms with Gasteiger partial charge in [-0.2, -0.15) is 0 Å². The van der Waals surface area contributed by atoms with Crippen molar-refractivity contribution in [2.24, 2.45) is 0 Å². The molecule has 2 aliphatic heterocycles. The van der Waals surface area contributed by atoms with Gasteiger partial charge < -0.3 is 19.7 Å². The summed E-state index contributed by atoms with van der Waals surface area (Å²) in [6.45, 7) is 5.35. The van der Waals surface area contributed by atoms with Crippen molar-refractivity contribution in [3.05, 3.63) is 65.0 Å². The number of carbonyl (C=O) groups excluding carboxylic acids is 2. The van der Waals surface area contributed by atoms with Gasteiger partial charge >= 0.3 is 0 Å². The van der Waals surface area contributed by atoms with Crippen LogP contribution < -0.4 is 14.8 Å². The number of nitrogens with zero attached hydrogens (tertiary/aromatic N) is 4. The highest BCUT2D eigenvalue weighted by Crippen LogP contribution is 2.32. The highest BCUT2D eigenvalue weighted by Gasteiger charge is 2.27. The van der Waals surface area contributed by atoms with E-state index in [0.717, 1.165) is 11.3 Å². The van der Waals surface area contributed by atoms with Crippen LogP contribution in [0.15, 0.2) is 42.6 Å². The minimum Gasteiger partial charge on any atom is -0.454 e. The van der Waals surface area contributed by atoms with E-state index >= 15 is 0 Å². The van der Waals surface area contributed by atoms with E-state index in [-0.39, 0.29) is 24.6 Å². The van der Waals surface area contributed by atoms with Gasteiger partial charge in [0.05, 0.1) is 11.9 Å². The van der Waals surface area contributed by atoms with Crippen molar-refractivity contribution in [2.75, 3.05) is 19.9 Å². The van der Waals surface area contributed by atoms with Crippen molar-refractivity contribution in [2.45, 2.75) is 32.7 Å². The number of aromatic nitrogens is 3. The van der Waals surface area contributed by atoms with Crippen molar-refractivity contribution in [3.8, 4) is 17.2 Å². The molecule has 1 aromatic heterocycles. The van der Waals surface area contributed by atoms with E-state index in [4.69, 9.17) is 9.47 Å². The van der Waals surface area contributed by atoms with Gasteiger partial charge in [-0.15, -0.1) is 5.10 Å². The molecule has 2 aliphatic rings. The summed E-state index contributed by atoms with van der Waals surface area (Å²) in [6.07, 6.45) is 3.01. The number of aryl methyl sites for hydroxylation is 2. The van der Waals surface area contributed by atoms with Crippen molar-refractivity contribution < 1.29 is 19.1 Å². The number of ether oxygens (including phenoxy) is 2. The number of piperidine rings is 1. The Morgan fingerprint density at radius 1 is 1.00 bits per heavy atom. The Labute approximate surface area is 191 Å². The van der Waals surface area contributed by atoms with E-state index in [1.54, 1.807) is 34.0 Å². The molecule has 0 radical (unpaired) electrons.